The van der Waals surface area contributed by atoms with Crippen molar-refractivity contribution in [2.24, 2.45) is 5.73 Å². The molecule has 1 saturated heterocycles. The Morgan fingerprint density at radius 1 is 1.07 bits per heavy atom. The van der Waals surface area contributed by atoms with Crippen LogP contribution in [-0.4, -0.2) is 49.0 Å². The van der Waals surface area contributed by atoms with E-state index in [9.17, 15) is 13.6 Å². The first-order chi connectivity index (χ1) is 14.4. The molecule has 1 aromatic heterocycles. The van der Waals surface area contributed by atoms with E-state index in [0.29, 0.717) is 5.69 Å². The quantitative estimate of drug-likeness (QED) is 0.668. The summed E-state index contributed by atoms with van der Waals surface area (Å²) in [6, 6.07) is 10.9. The minimum atomic E-state index is -0.877. The van der Waals surface area contributed by atoms with Gasteiger partial charge in [-0.1, -0.05) is 6.07 Å². The monoisotopic (exact) mass is 413 g/mol. The summed E-state index contributed by atoms with van der Waals surface area (Å²) in [7, 11) is 2.10. The summed E-state index contributed by atoms with van der Waals surface area (Å²) >= 11 is 0. The van der Waals surface area contributed by atoms with Gasteiger partial charge in [-0.3, -0.25) is 4.79 Å². The molecule has 0 radical (unpaired) electrons. The van der Waals surface area contributed by atoms with Gasteiger partial charge in [0.15, 0.2) is 5.69 Å². The minimum Gasteiger partial charge on any atom is -0.419 e. The Kier molecular flexibility index (Phi) is 5.37. The van der Waals surface area contributed by atoms with Crippen LogP contribution in [0.1, 0.15) is 10.5 Å². The SMILES string of the molecule is CN1CCN(c2ccc(Nc3oc(-c4c(F)cccc4F)nc3C(N)=O)cc2)CC1. The second-order valence-corrected chi connectivity index (χ2v) is 7.12. The van der Waals surface area contributed by atoms with Gasteiger partial charge < -0.3 is 25.3 Å². The molecule has 1 amide bonds. The largest absolute Gasteiger partial charge is 0.419 e. The number of primary amides is 1. The number of nitrogens with zero attached hydrogens (tertiary/aromatic N) is 3. The standard InChI is InChI=1S/C21H21F2N5O2/c1-27-9-11-28(12-10-27)14-7-5-13(6-8-14)25-21-18(19(24)29)26-20(30-21)17-15(22)3-2-4-16(17)23/h2-8,25H,9-12H2,1H3,(H2,24,29). The van der Waals surface area contributed by atoms with Gasteiger partial charge in [0.1, 0.15) is 17.2 Å². The van der Waals surface area contributed by atoms with Gasteiger partial charge in [0.05, 0.1) is 0 Å². The summed E-state index contributed by atoms with van der Waals surface area (Å²) in [5.74, 6) is -3.02. The highest BCUT2D eigenvalue weighted by atomic mass is 19.1. The van der Waals surface area contributed by atoms with Crippen LogP contribution in [-0.2, 0) is 0 Å². The lowest BCUT2D eigenvalue weighted by Crippen LogP contribution is -2.44. The average molecular weight is 413 g/mol. The Labute approximate surface area is 172 Å². The van der Waals surface area contributed by atoms with Gasteiger partial charge in [0.2, 0.25) is 11.8 Å². The van der Waals surface area contributed by atoms with Crippen molar-refractivity contribution in [2.75, 3.05) is 43.4 Å². The van der Waals surface area contributed by atoms with Gasteiger partial charge in [-0.15, -0.1) is 0 Å². The van der Waals surface area contributed by atoms with Crippen LogP contribution in [0.15, 0.2) is 46.9 Å². The molecule has 2 aromatic carbocycles. The highest BCUT2D eigenvalue weighted by Crippen LogP contribution is 2.31. The molecule has 1 aliphatic rings. The fraction of sp³-hybridized carbons (Fsp3) is 0.238. The first kappa shape index (κ1) is 19.8. The van der Waals surface area contributed by atoms with Crippen LogP contribution in [0, 0.1) is 11.6 Å². The lowest BCUT2D eigenvalue weighted by molar-refractivity contribution is 0.0996. The number of hydrogen-bond acceptors (Lipinski definition) is 6. The third-order valence-electron chi connectivity index (χ3n) is 5.03. The number of benzene rings is 2. The normalized spacial score (nSPS) is 14.7. The molecule has 0 bridgehead atoms. The number of piperazine rings is 1. The smallest absolute Gasteiger partial charge is 0.273 e. The minimum absolute atomic E-state index is 0.0764. The molecule has 4 rings (SSSR count). The van der Waals surface area contributed by atoms with E-state index in [1.807, 2.05) is 24.3 Å². The van der Waals surface area contributed by atoms with E-state index < -0.39 is 23.1 Å². The van der Waals surface area contributed by atoms with E-state index in [1.54, 1.807) is 0 Å². The maximum atomic E-state index is 14.1. The Balaban J connectivity index is 1.58. The zero-order valence-electron chi connectivity index (χ0n) is 16.4. The predicted octanol–water partition coefficient (Wildman–Crippen LogP) is 3.21. The molecular weight excluding hydrogens is 392 g/mol. The molecule has 0 spiro atoms. The molecule has 7 nitrogen and oxygen atoms in total. The van der Waals surface area contributed by atoms with Crippen molar-refractivity contribution in [1.82, 2.24) is 9.88 Å². The summed E-state index contributed by atoms with van der Waals surface area (Å²) in [5.41, 5.74) is 6.37. The lowest BCUT2D eigenvalue weighted by Gasteiger charge is -2.34. The van der Waals surface area contributed by atoms with Gasteiger partial charge in [-0.2, -0.15) is 0 Å². The van der Waals surface area contributed by atoms with Crippen molar-refractivity contribution in [3.63, 3.8) is 0 Å². The van der Waals surface area contributed by atoms with Crippen LogP contribution in [0.5, 0.6) is 0 Å². The molecule has 0 atom stereocenters. The Bertz CT molecular complexity index is 1040. The molecule has 2 heterocycles. The maximum absolute atomic E-state index is 14.1. The Morgan fingerprint density at radius 2 is 1.70 bits per heavy atom. The number of rotatable bonds is 5. The molecular formula is C21H21F2N5O2. The van der Waals surface area contributed by atoms with E-state index >= 15 is 0 Å². The molecule has 3 aromatic rings. The zero-order valence-corrected chi connectivity index (χ0v) is 16.4. The Morgan fingerprint density at radius 3 is 2.30 bits per heavy atom. The molecule has 1 aliphatic heterocycles. The molecule has 9 heteroatoms. The van der Waals surface area contributed by atoms with Crippen molar-refractivity contribution >= 4 is 23.2 Å². The number of amides is 1. The maximum Gasteiger partial charge on any atom is 0.273 e. The number of halogens is 2. The average Bonchev–Trinajstić information content (AvgIpc) is 3.13. The summed E-state index contributed by atoms with van der Waals surface area (Å²) in [5, 5.41) is 2.92. The van der Waals surface area contributed by atoms with Crippen LogP contribution in [0.2, 0.25) is 0 Å². The fourth-order valence-electron chi connectivity index (χ4n) is 3.33. The molecule has 0 aliphatic carbocycles. The number of nitrogens with two attached hydrogens (primary N) is 1. The number of aromatic nitrogens is 1. The van der Waals surface area contributed by atoms with E-state index in [0.717, 1.165) is 44.0 Å². The van der Waals surface area contributed by atoms with Gasteiger partial charge in [0.25, 0.3) is 5.91 Å². The summed E-state index contributed by atoms with van der Waals surface area (Å²) < 4.78 is 33.6. The van der Waals surface area contributed by atoms with E-state index in [1.165, 1.54) is 6.07 Å². The van der Waals surface area contributed by atoms with Crippen molar-refractivity contribution in [1.29, 1.82) is 0 Å². The molecule has 1 fully saturated rings. The lowest BCUT2D eigenvalue weighted by atomic mass is 10.2. The number of nitrogens with one attached hydrogen (secondary N) is 1. The highest BCUT2D eigenvalue weighted by Gasteiger charge is 2.23. The summed E-state index contributed by atoms with van der Waals surface area (Å²) in [6.07, 6.45) is 0. The number of carbonyl (C=O) groups is 1. The highest BCUT2D eigenvalue weighted by molar-refractivity contribution is 5.96. The zero-order chi connectivity index (χ0) is 21.3. The van der Waals surface area contributed by atoms with Crippen molar-refractivity contribution in [3.8, 4) is 11.5 Å². The second-order valence-electron chi connectivity index (χ2n) is 7.12. The third-order valence-corrected chi connectivity index (χ3v) is 5.03. The van der Waals surface area contributed by atoms with E-state index in [-0.39, 0.29) is 17.5 Å². The van der Waals surface area contributed by atoms with Crippen LogP contribution in [0.4, 0.5) is 26.0 Å². The number of likely N-dealkylation sites (N-methyl/N-ethyl adjacent to an activating group) is 1. The third kappa shape index (κ3) is 3.97. The van der Waals surface area contributed by atoms with Crippen LogP contribution in [0.25, 0.3) is 11.5 Å². The van der Waals surface area contributed by atoms with Gasteiger partial charge in [0, 0.05) is 37.6 Å². The molecule has 3 N–H and O–H groups in total. The van der Waals surface area contributed by atoms with Crippen LogP contribution < -0.4 is 16.0 Å². The molecule has 30 heavy (non-hydrogen) atoms. The van der Waals surface area contributed by atoms with Gasteiger partial charge in [-0.05, 0) is 43.4 Å². The number of carbonyl (C=O) groups excluding carboxylic acids is 1. The number of hydrogen-bond donors (Lipinski definition) is 2. The van der Waals surface area contributed by atoms with E-state index in [4.69, 9.17) is 10.2 Å². The van der Waals surface area contributed by atoms with Crippen LogP contribution in [0.3, 0.4) is 0 Å². The first-order valence-electron chi connectivity index (χ1n) is 9.48. The first-order valence-corrected chi connectivity index (χ1v) is 9.48. The number of oxazole rings is 1. The number of anilines is 3. The van der Waals surface area contributed by atoms with Crippen molar-refractivity contribution in [3.05, 3.63) is 59.8 Å². The van der Waals surface area contributed by atoms with Gasteiger partial charge in [-0.25, -0.2) is 13.8 Å². The second kappa shape index (κ2) is 8.11. The Hall–Kier alpha value is -3.46. The topological polar surface area (TPSA) is 87.6 Å². The summed E-state index contributed by atoms with van der Waals surface area (Å²) in [6.45, 7) is 3.87. The van der Waals surface area contributed by atoms with Crippen LogP contribution >= 0.6 is 0 Å². The predicted molar refractivity (Wildman–Crippen MR) is 110 cm³/mol. The molecule has 0 unspecified atom stereocenters. The molecule has 0 saturated carbocycles. The van der Waals surface area contributed by atoms with Crippen molar-refractivity contribution in [2.45, 2.75) is 0 Å². The van der Waals surface area contributed by atoms with Crippen molar-refractivity contribution < 1.29 is 18.0 Å². The van der Waals surface area contributed by atoms with Gasteiger partial charge >= 0.3 is 0 Å². The van der Waals surface area contributed by atoms with E-state index in [2.05, 4.69) is 27.1 Å². The summed E-state index contributed by atoms with van der Waals surface area (Å²) in [4.78, 5) is 20.2. The fourth-order valence-corrected chi connectivity index (χ4v) is 3.33. The molecule has 156 valence electrons.